The molecule has 0 radical (unpaired) electrons. The lowest BCUT2D eigenvalue weighted by Gasteiger charge is -2.45. The highest BCUT2D eigenvalue weighted by Crippen LogP contribution is 2.35. The standard InChI is InChI=1S/C30H54N2O9/c1-12-22-30(8,38)25(35)20(6)32(11)15-16(2)14-29(7,37)26(18(4)23(33)19(5)27(36)40-22)41-28-24(34)21(31(9)10)13-17(3)39-28/h16-22,24,26,28,34,37-38H,12-15H2,1-11H3/t16-,17-,18+,19-,20-,21+,22-,24-,26-,28+,29-,30-/m1/s1. The molecule has 0 aromatic heterocycles. The molecule has 238 valence electrons. The van der Waals surface area contributed by atoms with Crippen LogP contribution in [0.15, 0.2) is 0 Å². The minimum Gasteiger partial charge on any atom is -0.458 e. The Labute approximate surface area is 245 Å². The first kappa shape index (κ1) is 35.7. The largest absolute Gasteiger partial charge is 0.458 e. The van der Waals surface area contributed by atoms with E-state index in [1.54, 1.807) is 39.6 Å². The van der Waals surface area contributed by atoms with Crippen LogP contribution in [0.3, 0.4) is 0 Å². The summed E-state index contributed by atoms with van der Waals surface area (Å²) in [5.74, 6) is -4.34. The van der Waals surface area contributed by atoms with E-state index in [4.69, 9.17) is 14.2 Å². The smallest absolute Gasteiger partial charge is 0.316 e. The Morgan fingerprint density at radius 3 is 2.20 bits per heavy atom. The van der Waals surface area contributed by atoms with E-state index in [1.165, 1.54) is 13.8 Å². The number of ether oxygens (including phenoxy) is 3. The van der Waals surface area contributed by atoms with Gasteiger partial charge < -0.3 is 34.4 Å². The number of Topliss-reactive ketones (excluding diaryl/α,β-unsaturated/α-hetero) is 2. The van der Waals surface area contributed by atoms with Gasteiger partial charge in [-0.05, 0) is 80.9 Å². The van der Waals surface area contributed by atoms with Crippen molar-refractivity contribution in [1.29, 1.82) is 0 Å². The molecule has 2 saturated heterocycles. The fourth-order valence-corrected chi connectivity index (χ4v) is 6.42. The van der Waals surface area contributed by atoms with Gasteiger partial charge in [0.25, 0.3) is 0 Å². The summed E-state index contributed by atoms with van der Waals surface area (Å²) in [6, 6.07) is -0.975. The van der Waals surface area contributed by atoms with Crippen molar-refractivity contribution in [2.75, 3.05) is 27.7 Å². The number of likely N-dealkylation sites (N-methyl/N-ethyl adjacent to an activating group) is 2. The average Bonchev–Trinajstić information content (AvgIpc) is 2.87. The molecule has 0 saturated carbocycles. The molecule has 41 heavy (non-hydrogen) atoms. The van der Waals surface area contributed by atoms with Crippen LogP contribution in [-0.4, -0.2) is 124 Å². The number of carbonyl (C=O) groups is 3. The van der Waals surface area contributed by atoms with Gasteiger partial charge in [0, 0.05) is 18.5 Å². The van der Waals surface area contributed by atoms with E-state index in [9.17, 15) is 29.7 Å². The highest BCUT2D eigenvalue weighted by molar-refractivity contribution is 6.00. The molecule has 12 atom stereocenters. The van der Waals surface area contributed by atoms with Crippen LogP contribution >= 0.6 is 0 Å². The van der Waals surface area contributed by atoms with Gasteiger partial charge in [-0.3, -0.25) is 19.3 Å². The van der Waals surface area contributed by atoms with Gasteiger partial charge in [0.1, 0.15) is 18.1 Å². The van der Waals surface area contributed by atoms with Crippen molar-refractivity contribution in [1.82, 2.24) is 9.80 Å². The van der Waals surface area contributed by atoms with Crippen LogP contribution in [0, 0.1) is 17.8 Å². The topological polar surface area (TPSA) is 146 Å². The van der Waals surface area contributed by atoms with Crippen LogP contribution in [-0.2, 0) is 28.6 Å². The summed E-state index contributed by atoms with van der Waals surface area (Å²) in [6.07, 6.45) is -3.77. The van der Waals surface area contributed by atoms with Gasteiger partial charge >= 0.3 is 5.97 Å². The van der Waals surface area contributed by atoms with Crippen LogP contribution in [0.1, 0.15) is 74.7 Å². The zero-order valence-corrected chi connectivity index (χ0v) is 26.8. The molecular weight excluding hydrogens is 532 g/mol. The van der Waals surface area contributed by atoms with Crippen molar-refractivity contribution < 1.29 is 43.9 Å². The zero-order chi connectivity index (χ0) is 31.6. The van der Waals surface area contributed by atoms with Gasteiger partial charge in [-0.15, -0.1) is 0 Å². The summed E-state index contributed by atoms with van der Waals surface area (Å²) < 4.78 is 17.9. The molecule has 2 fully saturated rings. The second kappa shape index (κ2) is 13.9. The molecule has 11 nitrogen and oxygen atoms in total. The number of nitrogens with zero attached hydrogens (tertiary/aromatic N) is 2. The lowest BCUT2D eigenvalue weighted by molar-refractivity contribution is -0.293. The quantitative estimate of drug-likeness (QED) is 0.324. The third-order valence-electron chi connectivity index (χ3n) is 9.01. The van der Waals surface area contributed by atoms with Crippen molar-refractivity contribution in [2.24, 2.45) is 17.8 Å². The molecule has 2 aliphatic heterocycles. The summed E-state index contributed by atoms with van der Waals surface area (Å²) in [5.41, 5.74) is -3.55. The molecule has 3 N–H and O–H groups in total. The van der Waals surface area contributed by atoms with E-state index >= 15 is 0 Å². The molecule has 11 heteroatoms. The van der Waals surface area contributed by atoms with Gasteiger partial charge in [-0.2, -0.15) is 0 Å². The number of aliphatic hydroxyl groups excluding tert-OH is 1. The van der Waals surface area contributed by atoms with Crippen molar-refractivity contribution in [3.63, 3.8) is 0 Å². The Bertz CT molecular complexity index is 924. The second-order valence-electron chi connectivity index (χ2n) is 13.2. The molecule has 0 bridgehead atoms. The molecule has 0 aromatic rings. The number of cyclic esters (lactones) is 1. The van der Waals surface area contributed by atoms with Crippen LogP contribution < -0.4 is 0 Å². The molecule has 2 heterocycles. The third-order valence-corrected chi connectivity index (χ3v) is 9.01. The number of ketones is 2. The predicted molar refractivity (Wildman–Crippen MR) is 153 cm³/mol. The summed E-state index contributed by atoms with van der Waals surface area (Å²) in [5, 5.41) is 34.2. The summed E-state index contributed by atoms with van der Waals surface area (Å²) >= 11 is 0. The normalized spacial score (nSPS) is 44.8. The first-order valence-electron chi connectivity index (χ1n) is 14.8. The minimum atomic E-state index is -1.97. The number of rotatable bonds is 4. The van der Waals surface area contributed by atoms with E-state index in [0.29, 0.717) is 13.0 Å². The lowest BCUT2D eigenvalue weighted by Crippen LogP contribution is -2.58. The Kier molecular flexibility index (Phi) is 12.1. The average molecular weight is 587 g/mol. The van der Waals surface area contributed by atoms with Crippen LogP contribution in [0.5, 0.6) is 0 Å². The monoisotopic (exact) mass is 586 g/mol. The molecule has 0 spiro atoms. The number of hydrogen-bond acceptors (Lipinski definition) is 11. The van der Waals surface area contributed by atoms with Gasteiger partial charge in [0.15, 0.2) is 23.5 Å². The highest BCUT2D eigenvalue weighted by Gasteiger charge is 2.49. The van der Waals surface area contributed by atoms with Crippen molar-refractivity contribution >= 4 is 17.5 Å². The SMILES string of the molecule is CC[C@H]1OC(=O)[C@H](C)C(=O)[C@H](C)[C@@H](O[C@@H]2O[C@H](C)C[C@H](N(C)C)[C@H]2O)[C@](C)(O)C[C@@H](C)CN(C)[C@H](C)C(=O)[C@]1(C)O. The zero-order valence-electron chi connectivity index (χ0n) is 26.8. The predicted octanol–water partition coefficient (Wildman–Crippen LogP) is 1.39. The molecule has 0 aliphatic carbocycles. The Morgan fingerprint density at radius 2 is 1.66 bits per heavy atom. The van der Waals surface area contributed by atoms with Gasteiger partial charge in [0.05, 0.1) is 23.9 Å². The molecule has 0 aromatic carbocycles. The number of hydrogen-bond donors (Lipinski definition) is 3. The van der Waals surface area contributed by atoms with Crippen LogP contribution in [0.25, 0.3) is 0 Å². The summed E-state index contributed by atoms with van der Waals surface area (Å²) in [6.45, 7) is 13.5. The second-order valence-corrected chi connectivity index (χ2v) is 13.2. The Hall–Kier alpha value is -1.47. The summed E-state index contributed by atoms with van der Waals surface area (Å²) in [7, 11) is 5.47. The lowest BCUT2D eigenvalue weighted by atomic mass is 9.78. The van der Waals surface area contributed by atoms with Gasteiger partial charge in [-0.25, -0.2) is 0 Å². The van der Waals surface area contributed by atoms with Crippen molar-refractivity contribution in [3.05, 3.63) is 0 Å². The molecule has 0 unspecified atom stereocenters. The van der Waals surface area contributed by atoms with Crippen LogP contribution in [0.2, 0.25) is 0 Å². The fraction of sp³-hybridized carbons (Fsp3) is 0.900. The van der Waals surface area contributed by atoms with Gasteiger partial charge in [-0.1, -0.05) is 20.8 Å². The molecular formula is C30H54N2O9. The first-order valence-corrected chi connectivity index (χ1v) is 14.8. The molecule has 2 aliphatic rings. The van der Waals surface area contributed by atoms with E-state index < -0.39 is 71.2 Å². The van der Waals surface area contributed by atoms with E-state index in [1.807, 2.05) is 32.8 Å². The third kappa shape index (κ3) is 8.13. The maximum atomic E-state index is 13.7. The van der Waals surface area contributed by atoms with Crippen LogP contribution in [0.4, 0.5) is 0 Å². The number of aliphatic hydroxyl groups is 3. The van der Waals surface area contributed by atoms with Crippen molar-refractivity contribution in [2.45, 2.75) is 129 Å². The van der Waals surface area contributed by atoms with E-state index in [-0.39, 0.29) is 30.9 Å². The molecule has 0 amide bonds. The van der Waals surface area contributed by atoms with E-state index in [0.717, 1.165) is 0 Å². The highest BCUT2D eigenvalue weighted by atomic mass is 16.7. The Balaban J connectivity index is 2.54. The maximum Gasteiger partial charge on any atom is 0.316 e. The van der Waals surface area contributed by atoms with E-state index in [2.05, 4.69) is 0 Å². The van der Waals surface area contributed by atoms with Gasteiger partial charge in [0.2, 0.25) is 0 Å². The molecule has 2 rings (SSSR count). The number of carbonyl (C=O) groups excluding carboxylic acids is 3. The summed E-state index contributed by atoms with van der Waals surface area (Å²) in [4.78, 5) is 44.0. The Morgan fingerprint density at radius 1 is 1.07 bits per heavy atom. The number of esters is 1. The first-order chi connectivity index (χ1) is 18.8. The van der Waals surface area contributed by atoms with Crippen molar-refractivity contribution in [3.8, 4) is 0 Å². The minimum absolute atomic E-state index is 0.163. The fourth-order valence-electron chi connectivity index (χ4n) is 6.42. The maximum absolute atomic E-state index is 13.7.